The molecule has 1 heterocycles. The predicted molar refractivity (Wildman–Crippen MR) is 163 cm³/mol. The van der Waals surface area contributed by atoms with Gasteiger partial charge in [-0.15, -0.1) is 8.19 Å². The SMILES string of the molecule is COc1cc(OC)c2c(c1)[pH]c1cc(OC)cc(OC)c1c1ccc(Cl)c(OC)c1c1c(OC)c(Cl)ccc21. The van der Waals surface area contributed by atoms with Gasteiger partial charge in [0, 0.05) is 43.9 Å². The number of hydrogen-bond donors (Lipinski definition) is 0. The summed E-state index contributed by atoms with van der Waals surface area (Å²) >= 11 is 13.5. The summed E-state index contributed by atoms with van der Waals surface area (Å²) in [7, 11) is 9.92. The molecule has 6 nitrogen and oxygen atoms in total. The highest BCUT2D eigenvalue weighted by molar-refractivity contribution is 7.43. The second-order valence-corrected chi connectivity index (χ2v) is 10.8. The molecular weight excluding hydrogens is 558 g/mol. The van der Waals surface area contributed by atoms with Gasteiger partial charge in [0.05, 0.1) is 52.7 Å². The van der Waals surface area contributed by atoms with E-state index in [4.69, 9.17) is 51.6 Å². The Balaban J connectivity index is 2.35. The summed E-state index contributed by atoms with van der Waals surface area (Å²) in [6.45, 7) is 0. The Morgan fingerprint density at radius 3 is 1.23 bits per heavy atom. The van der Waals surface area contributed by atoms with Crippen molar-refractivity contribution in [1.82, 2.24) is 0 Å². The minimum absolute atomic E-state index is 0.172. The Labute approximate surface area is 237 Å². The summed E-state index contributed by atoms with van der Waals surface area (Å²) in [6, 6.07) is 15.4. The van der Waals surface area contributed by atoms with Gasteiger partial charge < -0.3 is 28.4 Å². The monoisotopic (exact) mass is 584 g/mol. The summed E-state index contributed by atoms with van der Waals surface area (Å²) in [6.07, 6.45) is 0. The fraction of sp³-hybridized carbons (Fsp3) is 0.200. The van der Waals surface area contributed by atoms with Gasteiger partial charge in [-0.05, 0) is 35.0 Å². The average molecular weight is 585 g/mol. The van der Waals surface area contributed by atoms with Crippen LogP contribution in [0.25, 0.3) is 42.6 Å². The van der Waals surface area contributed by atoms with Crippen LogP contribution < -0.4 is 28.4 Å². The fourth-order valence-electron chi connectivity index (χ4n) is 5.06. The molecule has 0 aliphatic carbocycles. The fourth-order valence-corrected chi connectivity index (χ4v) is 7.02. The van der Waals surface area contributed by atoms with E-state index in [0.29, 0.717) is 44.5 Å². The van der Waals surface area contributed by atoms with Crippen LogP contribution in [0, 0.1) is 0 Å². The smallest absolute Gasteiger partial charge is 0.146 e. The van der Waals surface area contributed by atoms with Gasteiger partial charge in [0.15, 0.2) is 0 Å². The molecule has 4 aromatic carbocycles. The lowest BCUT2D eigenvalue weighted by atomic mass is 9.99. The lowest BCUT2D eigenvalue weighted by molar-refractivity contribution is 0.398. The van der Waals surface area contributed by atoms with Gasteiger partial charge in [-0.2, -0.15) is 0 Å². The van der Waals surface area contributed by atoms with Gasteiger partial charge in [-0.3, -0.25) is 0 Å². The van der Waals surface area contributed by atoms with Gasteiger partial charge in [0.1, 0.15) is 34.5 Å². The van der Waals surface area contributed by atoms with Crippen molar-refractivity contribution in [3.8, 4) is 34.5 Å². The summed E-state index contributed by atoms with van der Waals surface area (Å²) in [4.78, 5) is 0. The van der Waals surface area contributed by atoms with E-state index in [0.717, 1.165) is 42.6 Å². The first-order chi connectivity index (χ1) is 18.9. The van der Waals surface area contributed by atoms with Crippen molar-refractivity contribution in [2.24, 2.45) is 0 Å². The van der Waals surface area contributed by atoms with Crippen LogP contribution in [-0.4, -0.2) is 42.7 Å². The maximum atomic E-state index is 6.76. The topological polar surface area (TPSA) is 55.4 Å². The molecule has 0 amide bonds. The second-order valence-electron chi connectivity index (χ2n) is 8.64. The van der Waals surface area contributed by atoms with Crippen molar-refractivity contribution in [2.75, 3.05) is 42.7 Å². The normalized spacial score (nSPS) is 11.1. The van der Waals surface area contributed by atoms with Crippen LogP contribution >= 0.6 is 31.4 Å². The zero-order valence-corrected chi connectivity index (χ0v) is 24.8. The average Bonchev–Trinajstić information content (AvgIpc) is 3.00. The molecule has 0 saturated heterocycles. The zero-order chi connectivity index (χ0) is 27.8. The van der Waals surface area contributed by atoms with Crippen molar-refractivity contribution in [2.45, 2.75) is 0 Å². The first-order valence-corrected chi connectivity index (χ1v) is 13.7. The molecule has 0 saturated carbocycles. The van der Waals surface area contributed by atoms with Crippen LogP contribution in [0.4, 0.5) is 0 Å². The summed E-state index contributed by atoms with van der Waals surface area (Å²) in [5.74, 6) is 3.61. The molecule has 202 valence electrons. The minimum atomic E-state index is 0.172. The standard InChI is InChI=1S/C30H27Cl2O6P/c1-33-15-11-21(35-3)25-17-7-9-19(31)29(37-5)27(17)28-18(8-10-20(32)30(28)38-6)26-22(36-4)12-16(34-2)14-24(26)39-23(25)13-15/h7-14,39H,1-6H3. The number of ether oxygens (including phenoxy) is 6. The lowest BCUT2D eigenvalue weighted by Gasteiger charge is -2.15. The van der Waals surface area contributed by atoms with E-state index in [1.807, 2.05) is 48.5 Å². The lowest BCUT2D eigenvalue weighted by Crippen LogP contribution is -1.93. The molecule has 0 fully saturated rings. The highest BCUT2D eigenvalue weighted by Crippen LogP contribution is 2.51. The first kappa shape index (κ1) is 27.1. The molecule has 9 heteroatoms. The van der Waals surface area contributed by atoms with E-state index in [9.17, 15) is 0 Å². The third-order valence-electron chi connectivity index (χ3n) is 6.75. The number of hydrogen-bond acceptors (Lipinski definition) is 6. The van der Waals surface area contributed by atoms with E-state index in [-0.39, 0.29) is 8.19 Å². The van der Waals surface area contributed by atoms with Crippen molar-refractivity contribution < 1.29 is 28.4 Å². The minimum Gasteiger partial charge on any atom is -0.497 e. The van der Waals surface area contributed by atoms with Gasteiger partial charge >= 0.3 is 0 Å². The Bertz CT molecular complexity index is 1680. The van der Waals surface area contributed by atoms with Gasteiger partial charge in [-0.1, -0.05) is 35.3 Å². The van der Waals surface area contributed by atoms with E-state index < -0.39 is 0 Å². The van der Waals surface area contributed by atoms with Gasteiger partial charge in [0.25, 0.3) is 0 Å². The molecule has 39 heavy (non-hydrogen) atoms. The Morgan fingerprint density at radius 1 is 0.487 bits per heavy atom. The highest BCUT2D eigenvalue weighted by atomic mass is 35.5. The van der Waals surface area contributed by atoms with Crippen molar-refractivity contribution >= 4 is 73.9 Å². The Morgan fingerprint density at radius 2 is 0.897 bits per heavy atom. The van der Waals surface area contributed by atoms with Crippen LogP contribution in [0.5, 0.6) is 34.5 Å². The zero-order valence-electron chi connectivity index (χ0n) is 22.3. The van der Waals surface area contributed by atoms with E-state index >= 15 is 0 Å². The number of rotatable bonds is 6. The third-order valence-corrected chi connectivity index (χ3v) is 8.67. The first-order valence-electron chi connectivity index (χ1n) is 11.9. The molecule has 5 rings (SSSR count). The maximum absolute atomic E-state index is 6.76. The Hall–Kier alpha value is -3.44. The third kappa shape index (κ3) is 4.47. The number of benzene rings is 4. The molecule has 0 radical (unpaired) electrons. The van der Waals surface area contributed by atoms with Crippen molar-refractivity contribution in [3.63, 3.8) is 0 Å². The molecule has 0 unspecified atom stereocenters. The molecule has 0 aliphatic rings. The van der Waals surface area contributed by atoms with Crippen LogP contribution in [-0.2, 0) is 0 Å². The summed E-state index contributed by atoms with van der Waals surface area (Å²) in [5, 5.41) is 7.77. The maximum Gasteiger partial charge on any atom is 0.146 e. The molecular formula is C30H27Cl2O6P. The van der Waals surface area contributed by atoms with Gasteiger partial charge in [0.2, 0.25) is 0 Å². The second kappa shape index (κ2) is 11.0. The van der Waals surface area contributed by atoms with Crippen molar-refractivity contribution in [1.29, 1.82) is 0 Å². The molecule has 0 aliphatic heterocycles. The molecule has 1 aromatic heterocycles. The van der Waals surface area contributed by atoms with Crippen LogP contribution in [0.3, 0.4) is 0 Å². The predicted octanol–water partition coefficient (Wildman–Crippen LogP) is 8.81. The molecule has 0 spiro atoms. The summed E-state index contributed by atoms with van der Waals surface area (Å²) in [5.41, 5.74) is 0. The number of methoxy groups -OCH3 is 6. The number of halogens is 2. The largest absolute Gasteiger partial charge is 0.497 e. The van der Waals surface area contributed by atoms with Gasteiger partial charge in [-0.25, -0.2) is 0 Å². The molecule has 0 bridgehead atoms. The quantitative estimate of drug-likeness (QED) is 0.199. The molecule has 0 N–H and O–H groups in total. The van der Waals surface area contributed by atoms with Crippen LogP contribution in [0.2, 0.25) is 10.0 Å². The number of fused-ring (bicyclic) bond motifs is 7. The van der Waals surface area contributed by atoms with Crippen LogP contribution in [0.1, 0.15) is 0 Å². The van der Waals surface area contributed by atoms with E-state index in [1.165, 1.54) is 0 Å². The van der Waals surface area contributed by atoms with E-state index in [1.54, 1.807) is 42.7 Å². The highest BCUT2D eigenvalue weighted by Gasteiger charge is 2.21. The summed E-state index contributed by atoms with van der Waals surface area (Å²) < 4.78 is 35.1. The van der Waals surface area contributed by atoms with Crippen molar-refractivity contribution in [3.05, 3.63) is 58.6 Å². The molecule has 0 atom stereocenters. The van der Waals surface area contributed by atoms with E-state index in [2.05, 4.69) is 0 Å². The Kier molecular flexibility index (Phi) is 7.64. The molecule has 5 aromatic rings. The van der Waals surface area contributed by atoms with Crippen LogP contribution in [0.15, 0.2) is 48.5 Å².